The maximum absolute atomic E-state index is 12.2. The number of thiophene rings is 1. The van der Waals surface area contributed by atoms with Gasteiger partial charge in [-0.05, 0) is 23.3 Å². The van der Waals surface area contributed by atoms with Crippen molar-refractivity contribution in [2.45, 2.75) is 11.6 Å². The number of aromatic nitrogens is 2. The number of fused-ring (bicyclic) bond motifs is 1. The van der Waals surface area contributed by atoms with Crippen LogP contribution in [0.15, 0.2) is 71.3 Å². The number of carbonyl (C=O) groups excluding carboxylic acids is 1. The Labute approximate surface area is 176 Å². The first-order chi connectivity index (χ1) is 14.2. The van der Waals surface area contributed by atoms with Gasteiger partial charge in [0, 0.05) is 10.9 Å². The molecule has 0 saturated carbocycles. The molecule has 4 aromatic rings. The minimum atomic E-state index is -0.271. The molecule has 0 spiro atoms. The third kappa shape index (κ3) is 4.58. The summed E-state index contributed by atoms with van der Waals surface area (Å²) in [5.41, 5.74) is 3.07. The molecule has 0 amide bonds. The number of hydrogen-bond donors (Lipinski definition) is 0. The summed E-state index contributed by atoms with van der Waals surface area (Å²) in [6.45, 7) is 0.273. The highest BCUT2D eigenvalue weighted by atomic mass is 32.2. The second-order valence-electron chi connectivity index (χ2n) is 6.17. The molecule has 29 heavy (non-hydrogen) atoms. The number of thioether (sulfide) groups is 1. The number of nitrogens with zero attached hydrogens (tertiary/aromatic N) is 2. The Morgan fingerprint density at radius 1 is 1.07 bits per heavy atom. The summed E-state index contributed by atoms with van der Waals surface area (Å²) < 4.78 is 10.6. The molecule has 0 saturated heterocycles. The Morgan fingerprint density at radius 3 is 2.62 bits per heavy atom. The van der Waals surface area contributed by atoms with Gasteiger partial charge in [0.1, 0.15) is 28.5 Å². The van der Waals surface area contributed by atoms with Gasteiger partial charge in [0.05, 0.1) is 18.2 Å². The zero-order chi connectivity index (χ0) is 20.1. The second-order valence-corrected chi connectivity index (χ2v) is 7.99. The predicted octanol–water partition coefficient (Wildman–Crippen LogP) is 5.20. The fourth-order valence-corrected chi connectivity index (χ4v) is 4.64. The summed E-state index contributed by atoms with van der Waals surface area (Å²) in [5.74, 6) is 0.726. The van der Waals surface area contributed by atoms with Gasteiger partial charge in [-0.15, -0.1) is 11.3 Å². The quantitative estimate of drug-likeness (QED) is 0.232. The van der Waals surface area contributed by atoms with Gasteiger partial charge in [-0.25, -0.2) is 9.97 Å². The first-order valence-corrected chi connectivity index (χ1v) is 10.8. The van der Waals surface area contributed by atoms with E-state index in [4.69, 9.17) is 9.47 Å². The number of rotatable bonds is 7. The molecule has 5 nitrogen and oxygen atoms in total. The number of ether oxygens (including phenoxy) is 2. The van der Waals surface area contributed by atoms with E-state index in [0.717, 1.165) is 37.7 Å². The fourth-order valence-electron chi connectivity index (χ4n) is 2.85. The van der Waals surface area contributed by atoms with Gasteiger partial charge in [0.2, 0.25) is 0 Å². The first kappa shape index (κ1) is 19.4. The average Bonchev–Trinajstić information content (AvgIpc) is 3.22. The van der Waals surface area contributed by atoms with Crippen LogP contribution in [0.5, 0.6) is 5.75 Å². The highest BCUT2D eigenvalue weighted by Gasteiger charge is 2.15. The summed E-state index contributed by atoms with van der Waals surface area (Å²) in [6.07, 6.45) is 1.54. The van der Waals surface area contributed by atoms with Crippen LogP contribution < -0.4 is 4.74 Å². The Morgan fingerprint density at radius 2 is 1.86 bits per heavy atom. The topological polar surface area (TPSA) is 61.3 Å². The van der Waals surface area contributed by atoms with Crippen LogP contribution >= 0.6 is 23.1 Å². The van der Waals surface area contributed by atoms with Crippen LogP contribution in [-0.2, 0) is 16.1 Å². The van der Waals surface area contributed by atoms with Crippen molar-refractivity contribution in [1.29, 1.82) is 0 Å². The highest BCUT2D eigenvalue weighted by Crippen LogP contribution is 2.38. The van der Waals surface area contributed by atoms with E-state index in [9.17, 15) is 4.79 Å². The smallest absolute Gasteiger partial charge is 0.316 e. The van der Waals surface area contributed by atoms with Crippen LogP contribution in [0.2, 0.25) is 0 Å². The standard InChI is InChI=1S/C22H18N2O3S2/c1-26-17-9-7-16(8-10-17)18-12-28-21-20(18)22(24-14-23-21)29-13-19(25)27-11-15-5-3-2-4-6-15/h2-10,12,14H,11,13H2,1H3. The summed E-state index contributed by atoms with van der Waals surface area (Å²) in [7, 11) is 1.65. The van der Waals surface area contributed by atoms with Crippen molar-refractivity contribution < 1.29 is 14.3 Å². The molecule has 146 valence electrons. The van der Waals surface area contributed by atoms with Gasteiger partial charge in [0.25, 0.3) is 0 Å². The summed E-state index contributed by atoms with van der Waals surface area (Å²) >= 11 is 2.93. The molecule has 0 aliphatic heterocycles. The first-order valence-electron chi connectivity index (χ1n) is 8.93. The van der Waals surface area contributed by atoms with Crippen molar-refractivity contribution in [2.75, 3.05) is 12.9 Å². The SMILES string of the molecule is COc1ccc(-c2csc3ncnc(SCC(=O)OCc4ccccc4)c23)cc1. The van der Waals surface area contributed by atoms with E-state index in [1.807, 2.05) is 54.6 Å². The Hall–Kier alpha value is -2.90. The van der Waals surface area contributed by atoms with Crippen molar-refractivity contribution in [1.82, 2.24) is 9.97 Å². The highest BCUT2D eigenvalue weighted by molar-refractivity contribution is 8.00. The van der Waals surface area contributed by atoms with Crippen LogP contribution in [0.1, 0.15) is 5.56 Å². The molecule has 4 rings (SSSR count). The Kier molecular flexibility index (Phi) is 6.07. The van der Waals surface area contributed by atoms with Gasteiger partial charge < -0.3 is 9.47 Å². The zero-order valence-corrected chi connectivity index (χ0v) is 17.3. The lowest BCUT2D eigenvalue weighted by molar-refractivity contribution is -0.141. The van der Waals surface area contributed by atoms with E-state index in [-0.39, 0.29) is 18.3 Å². The molecule has 2 aromatic heterocycles. The van der Waals surface area contributed by atoms with Crippen LogP contribution in [0.25, 0.3) is 21.3 Å². The molecule has 0 N–H and O–H groups in total. The van der Waals surface area contributed by atoms with Crippen molar-refractivity contribution in [2.24, 2.45) is 0 Å². The lowest BCUT2D eigenvalue weighted by Crippen LogP contribution is -2.07. The van der Waals surface area contributed by atoms with E-state index in [2.05, 4.69) is 15.3 Å². The van der Waals surface area contributed by atoms with Crippen LogP contribution in [0.4, 0.5) is 0 Å². The van der Waals surface area contributed by atoms with Gasteiger partial charge in [-0.3, -0.25) is 4.79 Å². The molecule has 2 heterocycles. The molecule has 0 radical (unpaired) electrons. The molecule has 7 heteroatoms. The number of hydrogen-bond acceptors (Lipinski definition) is 7. The van der Waals surface area contributed by atoms with Crippen molar-refractivity contribution >= 4 is 39.3 Å². The molecule has 0 bridgehead atoms. The van der Waals surface area contributed by atoms with E-state index < -0.39 is 0 Å². The molecule has 2 aromatic carbocycles. The van der Waals surface area contributed by atoms with Crippen molar-refractivity contribution in [3.8, 4) is 16.9 Å². The van der Waals surface area contributed by atoms with E-state index in [1.54, 1.807) is 18.4 Å². The fraction of sp³-hybridized carbons (Fsp3) is 0.136. The second kappa shape index (κ2) is 9.07. The molecule has 0 aliphatic carbocycles. The average molecular weight is 423 g/mol. The number of carbonyl (C=O) groups is 1. The zero-order valence-electron chi connectivity index (χ0n) is 15.7. The maximum atomic E-state index is 12.2. The third-order valence-electron chi connectivity index (χ3n) is 4.31. The maximum Gasteiger partial charge on any atom is 0.316 e. The number of esters is 1. The molecular formula is C22H18N2O3S2. The third-order valence-corrected chi connectivity index (χ3v) is 6.16. The summed E-state index contributed by atoms with van der Waals surface area (Å²) in [4.78, 5) is 21.9. The predicted molar refractivity (Wildman–Crippen MR) is 116 cm³/mol. The molecular weight excluding hydrogens is 404 g/mol. The largest absolute Gasteiger partial charge is 0.497 e. The molecule has 0 aliphatic rings. The lowest BCUT2D eigenvalue weighted by atomic mass is 10.1. The summed E-state index contributed by atoms with van der Waals surface area (Å²) in [5, 5.41) is 3.81. The molecule has 0 unspecified atom stereocenters. The van der Waals surface area contributed by atoms with E-state index in [1.165, 1.54) is 18.1 Å². The van der Waals surface area contributed by atoms with Crippen molar-refractivity contribution in [3.63, 3.8) is 0 Å². The van der Waals surface area contributed by atoms with Crippen LogP contribution in [0, 0.1) is 0 Å². The van der Waals surface area contributed by atoms with E-state index in [0.29, 0.717) is 0 Å². The van der Waals surface area contributed by atoms with Gasteiger partial charge in [0.15, 0.2) is 0 Å². The van der Waals surface area contributed by atoms with Gasteiger partial charge in [-0.1, -0.05) is 54.2 Å². The van der Waals surface area contributed by atoms with Crippen LogP contribution in [-0.4, -0.2) is 28.8 Å². The number of benzene rings is 2. The van der Waals surface area contributed by atoms with Gasteiger partial charge in [-0.2, -0.15) is 0 Å². The Balaban J connectivity index is 1.50. The lowest BCUT2D eigenvalue weighted by Gasteiger charge is -2.07. The van der Waals surface area contributed by atoms with E-state index >= 15 is 0 Å². The van der Waals surface area contributed by atoms with Gasteiger partial charge >= 0.3 is 5.97 Å². The molecule has 0 fully saturated rings. The minimum Gasteiger partial charge on any atom is -0.497 e. The molecule has 0 atom stereocenters. The van der Waals surface area contributed by atoms with Crippen LogP contribution in [0.3, 0.4) is 0 Å². The summed E-state index contributed by atoms with van der Waals surface area (Å²) in [6, 6.07) is 17.5. The normalized spacial score (nSPS) is 10.8. The number of methoxy groups -OCH3 is 1. The van der Waals surface area contributed by atoms with Crippen molar-refractivity contribution in [3.05, 3.63) is 71.9 Å². The monoisotopic (exact) mass is 422 g/mol. The Bertz CT molecular complexity index is 1110. The minimum absolute atomic E-state index is 0.191.